The van der Waals surface area contributed by atoms with E-state index < -0.39 is 0 Å². The summed E-state index contributed by atoms with van der Waals surface area (Å²) in [4.78, 5) is 11.6. The lowest BCUT2D eigenvalue weighted by Gasteiger charge is -2.09. The van der Waals surface area contributed by atoms with Gasteiger partial charge in [0.1, 0.15) is 0 Å². The van der Waals surface area contributed by atoms with Gasteiger partial charge in [-0.2, -0.15) is 0 Å². The van der Waals surface area contributed by atoms with Crippen molar-refractivity contribution in [1.29, 1.82) is 0 Å². The normalized spacial score (nSPS) is 12.2. The average molecular weight is 295 g/mol. The minimum Gasteiger partial charge on any atom is -0.356 e. The average Bonchev–Trinajstić information content (AvgIpc) is 2.31. The van der Waals surface area contributed by atoms with Crippen LogP contribution in [-0.2, 0) is 11.2 Å². The van der Waals surface area contributed by atoms with Gasteiger partial charge in [-0.15, -0.1) is 11.6 Å². The van der Waals surface area contributed by atoms with Crippen LogP contribution in [0.5, 0.6) is 0 Å². The number of hydrogen-bond acceptors (Lipinski definition) is 1. The van der Waals surface area contributed by atoms with Crippen molar-refractivity contribution in [1.82, 2.24) is 5.32 Å². The Morgan fingerprint density at radius 3 is 2.65 bits per heavy atom. The molecule has 0 aromatic heterocycles. The van der Waals surface area contributed by atoms with Gasteiger partial charge in [0.25, 0.3) is 0 Å². The fourth-order valence-electron chi connectivity index (χ4n) is 1.24. The number of rotatable bonds is 5. The van der Waals surface area contributed by atoms with Crippen molar-refractivity contribution in [2.75, 3.05) is 12.4 Å². The second-order valence-corrected chi connectivity index (χ2v) is 5.11. The van der Waals surface area contributed by atoms with Gasteiger partial charge >= 0.3 is 0 Å². The molecule has 0 radical (unpaired) electrons. The number of halogens is 3. The highest BCUT2D eigenvalue weighted by Gasteiger charge is 2.07. The lowest BCUT2D eigenvalue weighted by Crippen LogP contribution is -2.30. The van der Waals surface area contributed by atoms with Crippen LogP contribution in [0.25, 0.3) is 0 Å². The van der Waals surface area contributed by atoms with Gasteiger partial charge in [-0.25, -0.2) is 0 Å². The van der Waals surface area contributed by atoms with Crippen molar-refractivity contribution in [3.63, 3.8) is 0 Å². The number of hydrogen-bond donors (Lipinski definition) is 1. The molecule has 2 nitrogen and oxygen atoms in total. The third-order valence-electron chi connectivity index (χ3n) is 2.26. The molecule has 1 unspecified atom stereocenters. The summed E-state index contributed by atoms with van der Waals surface area (Å²) in [5.41, 5.74) is 0.843. The van der Waals surface area contributed by atoms with E-state index in [4.69, 9.17) is 34.8 Å². The van der Waals surface area contributed by atoms with Crippen LogP contribution < -0.4 is 5.32 Å². The van der Waals surface area contributed by atoms with Crippen molar-refractivity contribution in [2.24, 2.45) is 5.92 Å². The Kier molecular flexibility index (Phi) is 6.10. The highest BCUT2D eigenvalue weighted by molar-refractivity contribution is 6.42. The minimum absolute atomic E-state index is 0.0413. The summed E-state index contributed by atoms with van der Waals surface area (Å²) in [5.74, 6) is 0.766. The van der Waals surface area contributed by atoms with Gasteiger partial charge in [0.15, 0.2) is 0 Å². The highest BCUT2D eigenvalue weighted by atomic mass is 35.5. The molecule has 0 bridgehead atoms. The zero-order valence-corrected chi connectivity index (χ0v) is 11.7. The van der Waals surface area contributed by atoms with Crippen LogP contribution in [0, 0.1) is 5.92 Å². The molecule has 94 valence electrons. The summed E-state index contributed by atoms with van der Waals surface area (Å²) in [6, 6.07) is 5.18. The van der Waals surface area contributed by atoms with Gasteiger partial charge in [-0.3, -0.25) is 4.79 Å². The van der Waals surface area contributed by atoms with Crippen molar-refractivity contribution in [3.8, 4) is 0 Å². The largest absolute Gasteiger partial charge is 0.356 e. The third-order valence-corrected chi connectivity index (χ3v) is 3.53. The molecule has 0 aliphatic rings. The molecule has 1 N–H and O–H groups in total. The van der Waals surface area contributed by atoms with Gasteiger partial charge in [0.05, 0.1) is 16.5 Å². The zero-order chi connectivity index (χ0) is 12.8. The van der Waals surface area contributed by atoms with Crippen LogP contribution >= 0.6 is 34.8 Å². The molecule has 1 atom stereocenters. The van der Waals surface area contributed by atoms with Crippen LogP contribution in [0.2, 0.25) is 10.0 Å². The first-order valence-electron chi connectivity index (χ1n) is 5.29. The van der Waals surface area contributed by atoms with Gasteiger partial charge in [-0.1, -0.05) is 36.2 Å². The molecule has 1 amide bonds. The molecule has 0 saturated carbocycles. The predicted molar refractivity (Wildman–Crippen MR) is 73.1 cm³/mol. The van der Waals surface area contributed by atoms with Crippen molar-refractivity contribution < 1.29 is 4.79 Å². The van der Waals surface area contributed by atoms with Crippen molar-refractivity contribution in [3.05, 3.63) is 33.8 Å². The van der Waals surface area contributed by atoms with E-state index in [-0.39, 0.29) is 11.8 Å². The Hall–Kier alpha value is -0.440. The Morgan fingerprint density at radius 2 is 2.06 bits per heavy atom. The first-order valence-corrected chi connectivity index (χ1v) is 6.58. The van der Waals surface area contributed by atoms with Gasteiger partial charge in [-0.05, 0) is 23.6 Å². The lowest BCUT2D eigenvalue weighted by molar-refractivity contribution is -0.120. The minimum atomic E-state index is -0.0413. The van der Waals surface area contributed by atoms with Crippen molar-refractivity contribution >= 4 is 40.7 Å². The third kappa shape index (κ3) is 5.15. The van der Waals surface area contributed by atoms with Crippen LogP contribution in [0.4, 0.5) is 0 Å². The first-order chi connectivity index (χ1) is 8.02. The van der Waals surface area contributed by atoms with E-state index >= 15 is 0 Å². The summed E-state index contributed by atoms with van der Waals surface area (Å²) >= 11 is 17.3. The SMILES string of the molecule is CC(CCl)CNC(=O)Cc1ccc(Cl)c(Cl)c1. The monoisotopic (exact) mass is 293 g/mol. The maximum Gasteiger partial charge on any atom is 0.224 e. The van der Waals surface area contributed by atoms with Crippen LogP contribution in [0.3, 0.4) is 0 Å². The number of carbonyl (C=O) groups is 1. The number of carbonyl (C=O) groups excluding carboxylic acids is 1. The lowest BCUT2D eigenvalue weighted by atomic mass is 10.1. The molecule has 1 aromatic carbocycles. The topological polar surface area (TPSA) is 29.1 Å². The van der Waals surface area contributed by atoms with Crippen molar-refractivity contribution in [2.45, 2.75) is 13.3 Å². The van der Waals surface area contributed by atoms with Gasteiger partial charge in [0, 0.05) is 12.4 Å². The molecule has 17 heavy (non-hydrogen) atoms. The number of benzene rings is 1. The van der Waals surface area contributed by atoms with E-state index in [2.05, 4.69) is 5.32 Å². The second kappa shape index (κ2) is 7.10. The molecule has 0 saturated heterocycles. The fraction of sp³-hybridized carbons (Fsp3) is 0.417. The molecule has 0 heterocycles. The van der Waals surface area contributed by atoms with E-state index in [9.17, 15) is 4.79 Å². The maximum absolute atomic E-state index is 11.6. The summed E-state index contributed by atoms with van der Waals surface area (Å²) in [6.45, 7) is 2.57. The molecule has 0 fully saturated rings. The Morgan fingerprint density at radius 1 is 1.35 bits per heavy atom. The Labute approximate surface area is 116 Å². The second-order valence-electron chi connectivity index (χ2n) is 3.99. The van der Waals surface area contributed by atoms with Crippen LogP contribution in [0.15, 0.2) is 18.2 Å². The van der Waals surface area contributed by atoms with E-state index in [1.807, 2.05) is 6.92 Å². The van der Waals surface area contributed by atoms with Crippen LogP contribution in [0.1, 0.15) is 12.5 Å². The van der Waals surface area contributed by atoms with E-state index in [1.54, 1.807) is 18.2 Å². The van der Waals surface area contributed by atoms with Crippen LogP contribution in [-0.4, -0.2) is 18.3 Å². The molecular weight excluding hydrogens is 280 g/mol. The fourth-order valence-corrected chi connectivity index (χ4v) is 1.67. The molecule has 1 rings (SSSR count). The molecule has 0 aliphatic heterocycles. The van der Waals surface area contributed by atoms with E-state index in [0.717, 1.165) is 5.56 Å². The molecule has 0 aliphatic carbocycles. The number of amides is 1. The Bertz CT molecular complexity index is 395. The first kappa shape index (κ1) is 14.6. The maximum atomic E-state index is 11.6. The molecular formula is C12H14Cl3NO. The quantitative estimate of drug-likeness (QED) is 0.827. The zero-order valence-electron chi connectivity index (χ0n) is 9.47. The number of nitrogens with one attached hydrogen (secondary N) is 1. The Balaban J connectivity index is 2.48. The molecule has 0 spiro atoms. The molecule has 1 aromatic rings. The summed E-state index contributed by atoms with van der Waals surface area (Å²) in [6.07, 6.45) is 0.298. The smallest absolute Gasteiger partial charge is 0.224 e. The van der Waals surface area contributed by atoms with Gasteiger partial charge < -0.3 is 5.32 Å². The molecule has 5 heteroatoms. The summed E-state index contributed by atoms with van der Waals surface area (Å²) in [7, 11) is 0. The number of alkyl halides is 1. The standard InChI is InChI=1S/C12H14Cl3NO/c1-8(6-13)7-16-12(17)5-9-2-3-10(14)11(15)4-9/h2-4,8H,5-7H2,1H3,(H,16,17). The summed E-state index contributed by atoms with van der Waals surface area (Å²) < 4.78 is 0. The van der Waals surface area contributed by atoms with E-state index in [1.165, 1.54) is 0 Å². The summed E-state index contributed by atoms with van der Waals surface area (Å²) in [5, 5.41) is 3.77. The van der Waals surface area contributed by atoms with E-state index in [0.29, 0.717) is 28.9 Å². The predicted octanol–water partition coefficient (Wildman–Crippen LogP) is 3.53. The highest BCUT2D eigenvalue weighted by Crippen LogP contribution is 2.22. The van der Waals surface area contributed by atoms with Gasteiger partial charge in [0.2, 0.25) is 5.91 Å².